The van der Waals surface area contributed by atoms with Gasteiger partial charge in [0.05, 0.1) is 16.1 Å². The second-order valence-corrected chi connectivity index (χ2v) is 12.8. The van der Waals surface area contributed by atoms with Gasteiger partial charge in [-0.25, -0.2) is 8.42 Å². The normalized spacial score (nSPS) is 15.0. The van der Waals surface area contributed by atoms with E-state index in [2.05, 4.69) is 5.32 Å². The van der Waals surface area contributed by atoms with E-state index in [-0.39, 0.29) is 29.1 Å². The third kappa shape index (κ3) is 8.16. The third-order valence-corrected chi connectivity index (χ3v) is 9.41. The summed E-state index contributed by atoms with van der Waals surface area (Å²) in [4.78, 5) is 28.5. The quantitative estimate of drug-likeness (QED) is 0.300. The van der Waals surface area contributed by atoms with E-state index in [9.17, 15) is 31.2 Å². The summed E-state index contributed by atoms with van der Waals surface area (Å²) >= 11 is 0. The van der Waals surface area contributed by atoms with Gasteiger partial charge in [0.1, 0.15) is 12.6 Å². The SMILES string of the molecule is Cc1cccc(CN(C(=O)CN(c2cccc(C(F)(F)F)c2)S(=O)(=O)c2ccccc2)[C@H](C)C(=O)NC2CCCCC2)c1. The minimum atomic E-state index is -4.73. The van der Waals surface area contributed by atoms with Crippen LogP contribution in [0.4, 0.5) is 18.9 Å². The second kappa shape index (κ2) is 13.6. The Balaban J connectivity index is 1.71. The van der Waals surface area contributed by atoms with Gasteiger partial charge in [0.15, 0.2) is 0 Å². The van der Waals surface area contributed by atoms with Crippen molar-refractivity contribution in [2.75, 3.05) is 10.8 Å². The molecule has 0 heterocycles. The summed E-state index contributed by atoms with van der Waals surface area (Å²) in [6.07, 6.45) is 0.0290. The predicted octanol–water partition coefficient (Wildman–Crippen LogP) is 6.08. The molecule has 1 atom stereocenters. The fraction of sp³-hybridized carbons (Fsp3) is 0.375. The molecule has 0 aromatic heterocycles. The lowest BCUT2D eigenvalue weighted by molar-refractivity contribution is -0.139. The zero-order valence-corrected chi connectivity index (χ0v) is 25.0. The van der Waals surface area contributed by atoms with Gasteiger partial charge in [-0.2, -0.15) is 13.2 Å². The minimum Gasteiger partial charge on any atom is -0.352 e. The van der Waals surface area contributed by atoms with Gasteiger partial charge in [-0.3, -0.25) is 13.9 Å². The summed E-state index contributed by atoms with van der Waals surface area (Å²) in [6, 6.07) is 17.4. The number of sulfonamides is 1. The molecule has 11 heteroatoms. The van der Waals surface area contributed by atoms with Crippen LogP contribution in [0.25, 0.3) is 0 Å². The van der Waals surface area contributed by atoms with Crippen molar-refractivity contribution >= 4 is 27.5 Å². The molecule has 0 saturated heterocycles. The minimum absolute atomic E-state index is 0.00157. The topological polar surface area (TPSA) is 86.8 Å². The summed E-state index contributed by atoms with van der Waals surface area (Å²) in [7, 11) is -4.48. The monoisotopic (exact) mass is 615 g/mol. The number of amides is 2. The molecule has 43 heavy (non-hydrogen) atoms. The van der Waals surface area contributed by atoms with E-state index in [1.54, 1.807) is 19.1 Å². The van der Waals surface area contributed by atoms with Crippen LogP contribution < -0.4 is 9.62 Å². The van der Waals surface area contributed by atoms with E-state index in [4.69, 9.17) is 0 Å². The Morgan fingerprint density at radius 2 is 1.60 bits per heavy atom. The van der Waals surface area contributed by atoms with Crippen LogP contribution >= 0.6 is 0 Å². The van der Waals surface area contributed by atoms with E-state index in [0.29, 0.717) is 10.4 Å². The van der Waals surface area contributed by atoms with Gasteiger partial charge in [-0.15, -0.1) is 0 Å². The van der Waals surface area contributed by atoms with Gasteiger partial charge < -0.3 is 10.2 Å². The van der Waals surface area contributed by atoms with Gasteiger partial charge in [-0.05, 0) is 62.6 Å². The first-order valence-corrected chi connectivity index (χ1v) is 15.7. The van der Waals surface area contributed by atoms with Crippen LogP contribution in [0.3, 0.4) is 0 Å². The van der Waals surface area contributed by atoms with Crippen LogP contribution in [0, 0.1) is 6.92 Å². The number of benzene rings is 3. The lowest BCUT2D eigenvalue weighted by Crippen LogP contribution is -2.53. The maximum absolute atomic E-state index is 14.0. The Labute approximate surface area is 250 Å². The van der Waals surface area contributed by atoms with Crippen molar-refractivity contribution in [2.45, 2.75) is 75.7 Å². The second-order valence-electron chi connectivity index (χ2n) is 10.9. The molecule has 1 fully saturated rings. The largest absolute Gasteiger partial charge is 0.416 e. The number of carbonyl (C=O) groups is 2. The first kappa shape index (κ1) is 32.1. The molecule has 1 N–H and O–H groups in total. The van der Waals surface area contributed by atoms with Crippen molar-refractivity contribution in [1.82, 2.24) is 10.2 Å². The number of anilines is 1. The molecule has 7 nitrogen and oxygen atoms in total. The highest BCUT2D eigenvalue weighted by atomic mass is 32.2. The van der Waals surface area contributed by atoms with Crippen molar-refractivity contribution in [3.05, 3.63) is 95.6 Å². The Hall–Kier alpha value is -3.86. The summed E-state index contributed by atoms with van der Waals surface area (Å²) in [5.41, 5.74) is 0.285. The molecule has 1 saturated carbocycles. The zero-order valence-electron chi connectivity index (χ0n) is 24.2. The average Bonchev–Trinajstić information content (AvgIpc) is 2.98. The molecule has 0 spiro atoms. The molecule has 0 bridgehead atoms. The lowest BCUT2D eigenvalue weighted by Gasteiger charge is -2.33. The number of rotatable bonds is 10. The molecular weight excluding hydrogens is 579 g/mol. The maximum atomic E-state index is 14.0. The first-order valence-electron chi connectivity index (χ1n) is 14.3. The fourth-order valence-corrected chi connectivity index (χ4v) is 6.67. The van der Waals surface area contributed by atoms with Crippen LogP contribution in [-0.2, 0) is 32.3 Å². The molecule has 0 unspecified atom stereocenters. The van der Waals surface area contributed by atoms with Crippen LogP contribution in [0.2, 0.25) is 0 Å². The number of halogens is 3. The number of hydrogen-bond acceptors (Lipinski definition) is 4. The smallest absolute Gasteiger partial charge is 0.352 e. The van der Waals surface area contributed by atoms with Crippen molar-refractivity contribution in [3.8, 4) is 0 Å². The van der Waals surface area contributed by atoms with E-state index >= 15 is 0 Å². The summed E-state index contributed by atoms with van der Waals surface area (Å²) in [5, 5.41) is 3.03. The molecule has 1 aliphatic carbocycles. The van der Waals surface area contributed by atoms with Gasteiger partial charge in [0, 0.05) is 12.6 Å². The molecule has 2 amide bonds. The number of nitrogens with one attached hydrogen (secondary N) is 1. The van der Waals surface area contributed by atoms with Crippen LogP contribution in [0.5, 0.6) is 0 Å². The zero-order chi connectivity index (χ0) is 31.2. The van der Waals surface area contributed by atoms with E-state index in [0.717, 1.165) is 55.4 Å². The van der Waals surface area contributed by atoms with Gasteiger partial charge in [0.25, 0.3) is 10.0 Å². The highest BCUT2D eigenvalue weighted by Crippen LogP contribution is 2.33. The van der Waals surface area contributed by atoms with Gasteiger partial charge in [-0.1, -0.05) is 73.4 Å². The first-order chi connectivity index (χ1) is 20.4. The van der Waals surface area contributed by atoms with E-state index in [1.165, 1.54) is 35.2 Å². The van der Waals surface area contributed by atoms with Crippen LogP contribution in [0.15, 0.2) is 83.8 Å². The molecule has 3 aromatic rings. The van der Waals surface area contributed by atoms with Crippen molar-refractivity contribution < 1.29 is 31.2 Å². The van der Waals surface area contributed by atoms with Gasteiger partial charge >= 0.3 is 6.18 Å². The molecular formula is C32H36F3N3O4S. The summed E-state index contributed by atoms with van der Waals surface area (Å²) in [5.74, 6) is -1.10. The van der Waals surface area contributed by atoms with Crippen molar-refractivity contribution in [3.63, 3.8) is 0 Å². The average molecular weight is 616 g/mol. The number of alkyl halides is 3. The summed E-state index contributed by atoms with van der Waals surface area (Å²) < 4.78 is 69.2. The number of hydrogen-bond donors (Lipinski definition) is 1. The van der Waals surface area contributed by atoms with Crippen molar-refractivity contribution in [2.24, 2.45) is 0 Å². The standard InChI is InChI=1S/C32H36F3N3O4S/c1-23-11-9-12-25(19-23)21-37(24(2)31(40)36-27-14-5-3-6-15-27)30(39)22-38(43(41,42)29-17-7-4-8-18-29)28-16-10-13-26(20-28)32(33,34)35/h4,7-13,16-20,24,27H,3,5-6,14-15,21-22H2,1-2H3,(H,36,40)/t24-/m1/s1. The number of aryl methyl sites for hydroxylation is 1. The number of nitrogens with zero attached hydrogens (tertiary/aromatic N) is 2. The highest BCUT2D eigenvalue weighted by molar-refractivity contribution is 7.92. The fourth-order valence-electron chi connectivity index (χ4n) is 5.24. The molecule has 4 rings (SSSR count). The van der Waals surface area contributed by atoms with Gasteiger partial charge in [0.2, 0.25) is 11.8 Å². The highest BCUT2D eigenvalue weighted by Gasteiger charge is 2.35. The lowest BCUT2D eigenvalue weighted by atomic mass is 9.95. The summed E-state index contributed by atoms with van der Waals surface area (Å²) in [6.45, 7) is 2.65. The molecule has 3 aromatic carbocycles. The molecule has 230 valence electrons. The maximum Gasteiger partial charge on any atom is 0.416 e. The van der Waals surface area contributed by atoms with E-state index < -0.39 is 40.3 Å². The molecule has 0 aliphatic heterocycles. The van der Waals surface area contributed by atoms with Crippen LogP contribution in [-0.4, -0.2) is 43.8 Å². The molecule has 0 radical (unpaired) electrons. The number of carbonyl (C=O) groups excluding carboxylic acids is 2. The van der Waals surface area contributed by atoms with E-state index in [1.807, 2.05) is 25.1 Å². The Kier molecular flexibility index (Phi) is 10.2. The predicted molar refractivity (Wildman–Crippen MR) is 159 cm³/mol. The van der Waals surface area contributed by atoms with Crippen LogP contribution in [0.1, 0.15) is 55.7 Å². The Morgan fingerprint density at radius 3 is 2.26 bits per heavy atom. The molecule has 1 aliphatic rings. The Bertz CT molecular complexity index is 1520. The third-order valence-electron chi connectivity index (χ3n) is 7.63. The Morgan fingerprint density at radius 1 is 0.930 bits per heavy atom. The van der Waals surface area contributed by atoms with Crippen molar-refractivity contribution in [1.29, 1.82) is 0 Å².